The zero-order chi connectivity index (χ0) is 12.6. The van der Waals surface area contributed by atoms with Gasteiger partial charge in [-0.15, -0.1) is 0 Å². The van der Waals surface area contributed by atoms with Crippen molar-refractivity contribution in [1.29, 1.82) is 0 Å². The van der Waals surface area contributed by atoms with Gasteiger partial charge in [0, 0.05) is 31.7 Å². The summed E-state index contributed by atoms with van der Waals surface area (Å²) in [5.74, 6) is -1.65. The maximum Gasteiger partial charge on any atom is 0.303 e. The number of aliphatic hydroxyl groups is 1. The van der Waals surface area contributed by atoms with Gasteiger partial charge in [-0.05, 0) is 13.3 Å². The average Bonchev–Trinajstić information content (AvgIpc) is 2.50. The Kier molecular flexibility index (Phi) is 6.78. The number of nitrogens with zero attached hydrogens (tertiary/aromatic N) is 1. The number of aliphatic carboxylic acids is 1. The molecule has 1 aliphatic rings. The molecular formula is C10H15NO5. The molecule has 0 atom stereocenters. The van der Waals surface area contributed by atoms with Gasteiger partial charge < -0.3 is 10.2 Å². The first-order valence-corrected chi connectivity index (χ1v) is 4.89. The lowest BCUT2D eigenvalue weighted by atomic mass is 10.3. The van der Waals surface area contributed by atoms with Crippen LogP contribution in [0.4, 0.5) is 0 Å². The highest BCUT2D eigenvalue weighted by molar-refractivity contribution is 6.12. The van der Waals surface area contributed by atoms with Crippen molar-refractivity contribution < 1.29 is 24.6 Å². The highest BCUT2D eigenvalue weighted by atomic mass is 16.4. The van der Waals surface area contributed by atoms with Crippen molar-refractivity contribution in [2.75, 3.05) is 13.2 Å². The van der Waals surface area contributed by atoms with Crippen LogP contribution in [0.2, 0.25) is 0 Å². The number of imide groups is 1. The van der Waals surface area contributed by atoms with Crippen LogP contribution in [0.25, 0.3) is 0 Å². The van der Waals surface area contributed by atoms with Gasteiger partial charge in [0.2, 0.25) is 0 Å². The second-order valence-corrected chi connectivity index (χ2v) is 2.97. The third-order valence-corrected chi connectivity index (χ3v) is 1.67. The summed E-state index contributed by atoms with van der Waals surface area (Å²) in [4.78, 5) is 33.0. The summed E-state index contributed by atoms with van der Waals surface area (Å²) in [6.45, 7) is 2.11. The summed E-state index contributed by atoms with van der Waals surface area (Å²) in [6, 6.07) is 0. The molecule has 2 N–H and O–H groups in total. The Morgan fingerprint density at radius 1 is 1.31 bits per heavy atom. The van der Waals surface area contributed by atoms with Crippen LogP contribution in [0.5, 0.6) is 0 Å². The number of carboxylic acid groups (broad SMARTS) is 1. The van der Waals surface area contributed by atoms with Crippen molar-refractivity contribution in [3.05, 3.63) is 12.2 Å². The molecule has 16 heavy (non-hydrogen) atoms. The van der Waals surface area contributed by atoms with Crippen LogP contribution in [0.15, 0.2) is 12.2 Å². The monoisotopic (exact) mass is 229 g/mol. The highest BCUT2D eigenvalue weighted by Gasteiger charge is 2.22. The molecule has 0 fully saturated rings. The maximum atomic E-state index is 10.9. The summed E-state index contributed by atoms with van der Waals surface area (Å²) < 4.78 is 0. The molecule has 1 rings (SSSR count). The molecule has 0 saturated carbocycles. The van der Waals surface area contributed by atoms with E-state index in [-0.39, 0.29) is 31.4 Å². The molecule has 0 aromatic rings. The van der Waals surface area contributed by atoms with Gasteiger partial charge in [0.1, 0.15) is 0 Å². The predicted molar refractivity (Wildman–Crippen MR) is 55.5 cm³/mol. The molecule has 0 radical (unpaired) electrons. The van der Waals surface area contributed by atoms with E-state index in [1.165, 1.54) is 12.2 Å². The van der Waals surface area contributed by atoms with E-state index >= 15 is 0 Å². The van der Waals surface area contributed by atoms with Crippen LogP contribution in [0.1, 0.15) is 19.8 Å². The first kappa shape index (κ1) is 14.3. The molecule has 0 aliphatic carbocycles. The van der Waals surface area contributed by atoms with E-state index in [1.807, 2.05) is 0 Å². The second kappa shape index (κ2) is 7.58. The van der Waals surface area contributed by atoms with Crippen LogP contribution in [-0.4, -0.2) is 46.0 Å². The van der Waals surface area contributed by atoms with E-state index in [0.717, 1.165) is 4.90 Å². The molecule has 0 spiro atoms. The van der Waals surface area contributed by atoms with Crippen LogP contribution >= 0.6 is 0 Å². The molecule has 0 bridgehead atoms. The van der Waals surface area contributed by atoms with Gasteiger partial charge in [-0.3, -0.25) is 19.3 Å². The Balaban J connectivity index is 0.000000673. The van der Waals surface area contributed by atoms with Crippen molar-refractivity contribution >= 4 is 17.8 Å². The van der Waals surface area contributed by atoms with Gasteiger partial charge >= 0.3 is 5.97 Å². The Hall–Kier alpha value is -1.69. The van der Waals surface area contributed by atoms with E-state index in [2.05, 4.69) is 0 Å². The summed E-state index contributed by atoms with van der Waals surface area (Å²) in [6.07, 6.45) is 2.64. The molecule has 90 valence electrons. The lowest BCUT2D eigenvalue weighted by Crippen LogP contribution is -2.31. The molecule has 6 nitrogen and oxygen atoms in total. The highest BCUT2D eigenvalue weighted by Crippen LogP contribution is 2.05. The molecule has 2 amide bonds. The number of hydrogen-bond donors (Lipinski definition) is 2. The lowest BCUT2D eigenvalue weighted by molar-refractivity contribution is -0.140. The van der Waals surface area contributed by atoms with Crippen molar-refractivity contribution in [1.82, 2.24) is 4.90 Å². The topological polar surface area (TPSA) is 94.9 Å². The summed E-state index contributed by atoms with van der Waals surface area (Å²) in [5, 5.41) is 15.9. The third kappa shape index (κ3) is 5.26. The number of hydrogen-bond acceptors (Lipinski definition) is 4. The number of carbonyl (C=O) groups excluding carboxylic acids is 2. The zero-order valence-electron chi connectivity index (χ0n) is 9.05. The van der Waals surface area contributed by atoms with Gasteiger partial charge in [-0.2, -0.15) is 0 Å². The molecule has 0 aromatic carbocycles. The van der Waals surface area contributed by atoms with Crippen LogP contribution in [0.3, 0.4) is 0 Å². The van der Waals surface area contributed by atoms with Crippen LogP contribution in [0, 0.1) is 0 Å². The number of aliphatic hydroxyl groups excluding tert-OH is 1. The molecule has 0 aromatic heterocycles. The number of carboxylic acids is 1. The van der Waals surface area contributed by atoms with Crippen molar-refractivity contribution in [2.45, 2.75) is 19.8 Å². The van der Waals surface area contributed by atoms with E-state index in [0.29, 0.717) is 6.42 Å². The molecule has 1 aliphatic heterocycles. The lowest BCUT2D eigenvalue weighted by Gasteiger charge is -2.11. The van der Waals surface area contributed by atoms with E-state index in [9.17, 15) is 14.4 Å². The van der Waals surface area contributed by atoms with Gasteiger partial charge in [-0.25, -0.2) is 0 Å². The van der Waals surface area contributed by atoms with Gasteiger partial charge in [-0.1, -0.05) is 0 Å². The normalized spacial score (nSPS) is 13.8. The second-order valence-electron chi connectivity index (χ2n) is 2.97. The summed E-state index contributed by atoms with van der Waals surface area (Å²) >= 11 is 0. The fraction of sp³-hybridized carbons (Fsp3) is 0.500. The minimum Gasteiger partial charge on any atom is -0.481 e. The van der Waals surface area contributed by atoms with Crippen LogP contribution < -0.4 is 0 Å². The SMILES string of the molecule is CCO.O=C(O)CCCN1C(=O)C=CC1=O. The number of carbonyl (C=O) groups is 3. The summed E-state index contributed by atoms with van der Waals surface area (Å²) in [7, 11) is 0. The van der Waals surface area contributed by atoms with Gasteiger partial charge in [0.25, 0.3) is 11.8 Å². The predicted octanol–water partition coefficient (Wildman–Crippen LogP) is -0.225. The minimum absolute atomic E-state index is 0.0307. The smallest absolute Gasteiger partial charge is 0.303 e. The van der Waals surface area contributed by atoms with E-state index < -0.39 is 5.97 Å². The fourth-order valence-electron chi connectivity index (χ4n) is 1.04. The Morgan fingerprint density at radius 2 is 1.75 bits per heavy atom. The Morgan fingerprint density at radius 3 is 2.12 bits per heavy atom. The van der Waals surface area contributed by atoms with Crippen LogP contribution in [-0.2, 0) is 14.4 Å². The number of rotatable bonds is 4. The minimum atomic E-state index is -0.924. The molecule has 0 unspecified atom stereocenters. The molecular weight excluding hydrogens is 214 g/mol. The molecule has 1 heterocycles. The third-order valence-electron chi connectivity index (χ3n) is 1.67. The van der Waals surface area contributed by atoms with Crippen molar-refractivity contribution in [3.63, 3.8) is 0 Å². The average molecular weight is 229 g/mol. The van der Waals surface area contributed by atoms with Crippen molar-refractivity contribution in [3.8, 4) is 0 Å². The van der Waals surface area contributed by atoms with Gasteiger partial charge in [0.05, 0.1) is 0 Å². The Bertz CT molecular complexity index is 280. The fourth-order valence-corrected chi connectivity index (χ4v) is 1.04. The molecule has 0 saturated heterocycles. The maximum absolute atomic E-state index is 10.9. The largest absolute Gasteiger partial charge is 0.481 e. The van der Waals surface area contributed by atoms with E-state index in [4.69, 9.17) is 10.2 Å². The number of amides is 2. The standard InChI is InChI=1S/C8H9NO4.C2H6O/c10-6-3-4-7(11)9(6)5-1-2-8(12)13;1-2-3/h3-4H,1-2,5H2,(H,12,13);3H,2H2,1H3. The quantitative estimate of drug-likeness (QED) is 0.649. The molecule has 6 heteroatoms. The van der Waals surface area contributed by atoms with E-state index in [1.54, 1.807) is 6.92 Å². The first-order chi connectivity index (χ1) is 7.52. The summed E-state index contributed by atoms with van der Waals surface area (Å²) in [5.41, 5.74) is 0. The van der Waals surface area contributed by atoms with Crippen molar-refractivity contribution in [2.24, 2.45) is 0 Å². The van der Waals surface area contributed by atoms with Gasteiger partial charge in [0.15, 0.2) is 0 Å². The Labute approximate surface area is 93.2 Å². The first-order valence-electron chi connectivity index (χ1n) is 4.89. The zero-order valence-corrected chi connectivity index (χ0v) is 9.05.